The monoisotopic (exact) mass is 199 g/mol. The van der Waals surface area contributed by atoms with Crippen LogP contribution in [0.1, 0.15) is 46.0 Å². The Balaban J connectivity index is 2.25. The van der Waals surface area contributed by atoms with Gasteiger partial charge in [-0.3, -0.25) is 4.79 Å². The lowest BCUT2D eigenvalue weighted by Gasteiger charge is -2.27. The van der Waals surface area contributed by atoms with Crippen LogP contribution in [-0.4, -0.2) is 23.2 Å². The highest BCUT2D eigenvalue weighted by Crippen LogP contribution is 2.23. The minimum atomic E-state index is -0.531. The Kier molecular flexibility index (Phi) is 4.39. The summed E-state index contributed by atoms with van der Waals surface area (Å²) in [6.45, 7) is 3.87. The van der Waals surface area contributed by atoms with Crippen LogP contribution in [0.15, 0.2) is 0 Å². The van der Waals surface area contributed by atoms with Crippen molar-refractivity contribution >= 4 is 5.91 Å². The van der Waals surface area contributed by atoms with Gasteiger partial charge in [0.25, 0.3) is 0 Å². The van der Waals surface area contributed by atoms with Crippen LogP contribution < -0.4 is 5.32 Å². The van der Waals surface area contributed by atoms with Gasteiger partial charge in [0, 0.05) is 6.04 Å². The van der Waals surface area contributed by atoms with E-state index in [0.29, 0.717) is 6.04 Å². The van der Waals surface area contributed by atoms with Crippen molar-refractivity contribution in [1.29, 1.82) is 0 Å². The molecule has 0 spiro atoms. The number of aliphatic hydroxyl groups excluding tert-OH is 1. The molecule has 1 aliphatic carbocycles. The summed E-state index contributed by atoms with van der Waals surface area (Å²) >= 11 is 0. The lowest BCUT2D eigenvalue weighted by Crippen LogP contribution is -2.39. The van der Waals surface area contributed by atoms with Crippen molar-refractivity contribution in [1.82, 2.24) is 5.32 Å². The van der Waals surface area contributed by atoms with Crippen molar-refractivity contribution in [3.8, 4) is 0 Å². The third kappa shape index (κ3) is 4.09. The zero-order chi connectivity index (χ0) is 10.6. The number of hydrogen-bond acceptors (Lipinski definition) is 2. The van der Waals surface area contributed by atoms with Crippen molar-refractivity contribution in [2.24, 2.45) is 5.92 Å². The van der Waals surface area contributed by atoms with Gasteiger partial charge in [-0.15, -0.1) is 0 Å². The zero-order valence-electron chi connectivity index (χ0n) is 9.12. The molecular weight excluding hydrogens is 178 g/mol. The van der Waals surface area contributed by atoms with E-state index in [1.807, 2.05) is 0 Å². The third-order valence-electron chi connectivity index (χ3n) is 2.78. The number of amides is 1. The molecule has 0 aromatic rings. The predicted molar refractivity (Wildman–Crippen MR) is 55.9 cm³/mol. The smallest absolute Gasteiger partial charge is 0.222 e. The molecule has 1 fully saturated rings. The quantitative estimate of drug-likeness (QED) is 0.723. The van der Waals surface area contributed by atoms with Gasteiger partial charge >= 0.3 is 0 Å². The number of nitrogens with one attached hydrogen (secondary N) is 1. The predicted octanol–water partition coefficient (Wildman–Crippen LogP) is 1.45. The normalized spacial score (nSPS) is 29.6. The maximum atomic E-state index is 11.4. The summed E-state index contributed by atoms with van der Waals surface area (Å²) in [5.74, 6) is 0.708. The fourth-order valence-corrected chi connectivity index (χ4v) is 2.12. The maximum Gasteiger partial charge on any atom is 0.222 e. The number of rotatable bonds is 3. The second-order valence-electron chi connectivity index (χ2n) is 4.59. The molecule has 0 aromatic heterocycles. The Bertz CT molecular complexity index is 192. The van der Waals surface area contributed by atoms with Gasteiger partial charge in [0.2, 0.25) is 5.91 Å². The molecule has 0 saturated heterocycles. The van der Waals surface area contributed by atoms with Crippen molar-refractivity contribution in [2.75, 3.05) is 0 Å². The average Bonchev–Trinajstić information content (AvgIpc) is 2.01. The Morgan fingerprint density at radius 3 is 2.86 bits per heavy atom. The first-order chi connectivity index (χ1) is 6.58. The number of aliphatic hydroxyl groups is 1. The molecule has 3 unspecified atom stereocenters. The van der Waals surface area contributed by atoms with Crippen LogP contribution in [0.2, 0.25) is 0 Å². The molecule has 1 amide bonds. The minimum Gasteiger partial charge on any atom is -0.393 e. The van der Waals surface area contributed by atoms with Gasteiger partial charge in [0.05, 0.1) is 12.5 Å². The summed E-state index contributed by atoms with van der Waals surface area (Å²) in [4.78, 5) is 11.4. The lowest BCUT2D eigenvalue weighted by molar-refractivity contribution is -0.123. The first kappa shape index (κ1) is 11.5. The third-order valence-corrected chi connectivity index (χ3v) is 2.78. The molecule has 3 nitrogen and oxygen atoms in total. The zero-order valence-corrected chi connectivity index (χ0v) is 9.12. The second kappa shape index (κ2) is 5.35. The molecule has 2 N–H and O–H groups in total. The van der Waals surface area contributed by atoms with Crippen LogP contribution in [-0.2, 0) is 4.79 Å². The molecule has 82 valence electrons. The van der Waals surface area contributed by atoms with E-state index in [1.165, 1.54) is 12.8 Å². The van der Waals surface area contributed by atoms with E-state index in [9.17, 15) is 4.79 Å². The first-order valence-corrected chi connectivity index (χ1v) is 5.55. The van der Waals surface area contributed by atoms with Crippen molar-refractivity contribution in [3.63, 3.8) is 0 Å². The molecule has 3 heteroatoms. The van der Waals surface area contributed by atoms with E-state index in [0.717, 1.165) is 18.8 Å². The second-order valence-corrected chi connectivity index (χ2v) is 4.59. The molecule has 0 heterocycles. The largest absolute Gasteiger partial charge is 0.393 e. The van der Waals surface area contributed by atoms with Crippen molar-refractivity contribution in [3.05, 3.63) is 0 Å². The fraction of sp³-hybridized carbons (Fsp3) is 0.909. The first-order valence-electron chi connectivity index (χ1n) is 5.55. The maximum absolute atomic E-state index is 11.4. The summed E-state index contributed by atoms with van der Waals surface area (Å²) in [7, 11) is 0. The Labute approximate surface area is 85.9 Å². The number of carbonyl (C=O) groups excluding carboxylic acids is 1. The number of carbonyl (C=O) groups is 1. The van der Waals surface area contributed by atoms with Gasteiger partial charge in [-0.2, -0.15) is 0 Å². The van der Waals surface area contributed by atoms with Crippen LogP contribution >= 0.6 is 0 Å². The molecule has 14 heavy (non-hydrogen) atoms. The van der Waals surface area contributed by atoms with Gasteiger partial charge in [0.15, 0.2) is 0 Å². The standard InChI is InChI=1S/C11H21NO2/c1-8-4-3-5-10(6-8)12-11(14)7-9(2)13/h8-10,13H,3-7H2,1-2H3,(H,12,14). The molecule has 1 aliphatic rings. The van der Waals surface area contributed by atoms with E-state index in [2.05, 4.69) is 12.2 Å². The molecule has 1 saturated carbocycles. The summed E-state index contributed by atoms with van der Waals surface area (Å²) in [5, 5.41) is 12.0. The van der Waals surface area contributed by atoms with Crippen LogP contribution in [0.4, 0.5) is 0 Å². The van der Waals surface area contributed by atoms with Crippen LogP contribution in [0.3, 0.4) is 0 Å². The average molecular weight is 199 g/mol. The summed E-state index contributed by atoms with van der Waals surface area (Å²) in [6, 6.07) is 0.338. The highest BCUT2D eigenvalue weighted by molar-refractivity contribution is 5.76. The topological polar surface area (TPSA) is 49.3 Å². The SMILES string of the molecule is CC(O)CC(=O)NC1CCCC(C)C1. The van der Waals surface area contributed by atoms with Gasteiger partial charge in [-0.1, -0.05) is 19.8 Å². The lowest BCUT2D eigenvalue weighted by atomic mass is 9.87. The van der Waals surface area contributed by atoms with E-state index < -0.39 is 6.10 Å². The molecule has 0 aromatic carbocycles. The highest BCUT2D eigenvalue weighted by Gasteiger charge is 2.20. The van der Waals surface area contributed by atoms with Gasteiger partial charge in [0.1, 0.15) is 0 Å². The summed E-state index contributed by atoms with van der Waals surface area (Å²) in [6.07, 6.45) is 4.37. The van der Waals surface area contributed by atoms with Crippen LogP contribution in [0.5, 0.6) is 0 Å². The summed E-state index contributed by atoms with van der Waals surface area (Å²) < 4.78 is 0. The molecule has 0 aliphatic heterocycles. The Hall–Kier alpha value is -0.570. The minimum absolute atomic E-state index is 0.0147. The number of hydrogen-bond donors (Lipinski definition) is 2. The van der Waals surface area contributed by atoms with E-state index in [-0.39, 0.29) is 12.3 Å². The molecule has 0 bridgehead atoms. The van der Waals surface area contributed by atoms with Crippen molar-refractivity contribution in [2.45, 2.75) is 58.1 Å². The van der Waals surface area contributed by atoms with Crippen molar-refractivity contribution < 1.29 is 9.90 Å². The Morgan fingerprint density at radius 2 is 2.29 bits per heavy atom. The van der Waals surface area contributed by atoms with Crippen LogP contribution in [0.25, 0.3) is 0 Å². The van der Waals surface area contributed by atoms with E-state index in [4.69, 9.17) is 5.11 Å². The van der Waals surface area contributed by atoms with E-state index in [1.54, 1.807) is 6.92 Å². The molecule has 0 radical (unpaired) electrons. The van der Waals surface area contributed by atoms with Gasteiger partial charge in [-0.05, 0) is 25.7 Å². The van der Waals surface area contributed by atoms with Gasteiger partial charge < -0.3 is 10.4 Å². The van der Waals surface area contributed by atoms with E-state index >= 15 is 0 Å². The molecule has 3 atom stereocenters. The van der Waals surface area contributed by atoms with Gasteiger partial charge in [-0.25, -0.2) is 0 Å². The fourth-order valence-electron chi connectivity index (χ4n) is 2.12. The Morgan fingerprint density at radius 1 is 1.57 bits per heavy atom. The molecular formula is C11H21NO2. The molecule has 1 rings (SSSR count). The highest BCUT2D eigenvalue weighted by atomic mass is 16.3. The van der Waals surface area contributed by atoms with Crippen LogP contribution in [0, 0.1) is 5.92 Å². The summed E-state index contributed by atoms with van der Waals surface area (Å²) in [5.41, 5.74) is 0.